The zero-order valence-corrected chi connectivity index (χ0v) is 12.4. The minimum Gasteiger partial charge on any atom is -0.324 e. The van der Waals surface area contributed by atoms with Crippen molar-refractivity contribution in [3.63, 3.8) is 0 Å². The molecule has 100 valence electrons. The lowest BCUT2D eigenvalue weighted by molar-refractivity contribution is 0.102. The summed E-state index contributed by atoms with van der Waals surface area (Å²) in [6.45, 7) is 1.95. The molecule has 1 heterocycles. The normalized spacial score (nSPS) is 10.7. The van der Waals surface area contributed by atoms with Crippen LogP contribution in [0, 0.1) is 6.92 Å². The lowest BCUT2D eigenvalue weighted by Crippen LogP contribution is -2.13. The van der Waals surface area contributed by atoms with Crippen LogP contribution in [0.1, 0.15) is 15.9 Å². The first-order valence-electron chi connectivity index (χ1n) is 6.15. The molecule has 0 fully saturated rings. The lowest BCUT2D eigenvalue weighted by atomic mass is 10.1. The highest BCUT2D eigenvalue weighted by atomic mass is 79.9. The number of fused-ring (bicyclic) bond motifs is 1. The highest BCUT2D eigenvalue weighted by molar-refractivity contribution is 9.10. The Kier molecular flexibility index (Phi) is 3.28. The van der Waals surface area contributed by atoms with Gasteiger partial charge in [0.1, 0.15) is 0 Å². The fraction of sp³-hybridized carbons (Fsp3) is 0.0667. The third kappa shape index (κ3) is 2.58. The number of benzene rings is 2. The number of nitrogens with one attached hydrogen (secondary N) is 2. The summed E-state index contributed by atoms with van der Waals surface area (Å²) in [4.78, 5) is 19.6. The van der Waals surface area contributed by atoms with Gasteiger partial charge in [-0.3, -0.25) is 10.1 Å². The Bertz CT molecular complexity index is 741. The lowest BCUT2D eigenvalue weighted by Gasteiger charge is -2.04. The van der Waals surface area contributed by atoms with E-state index in [9.17, 15) is 4.79 Å². The number of carbonyl (C=O) groups is 1. The maximum absolute atomic E-state index is 12.2. The van der Waals surface area contributed by atoms with Gasteiger partial charge in [-0.25, -0.2) is 4.98 Å². The molecule has 0 bridgehead atoms. The average Bonchev–Trinajstić information content (AvgIpc) is 2.79. The van der Waals surface area contributed by atoms with E-state index in [1.807, 2.05) is 43.3 Å². The Labute approximate surface area is 124 Å². The van der Waals surface area contributed by atoms with Crippen LogP contribution in [0.15, 0.2) is 46.9 Å². The number of aryl methyl sites for hydroxylation is 1. The Morgan fingerprint density at radius 2 is 2.05 bits per heavy atom. The highest BCUT2D eigenvalue weighted by Gasteiger charge is 2.10. The monoisotopic (exact) mass is 329 g/mol. The van der Waals surface area contributed by atoms with Crippen LogP contribution < -0.4 is 5.32 Å². The van der Waals surface area contributed by atoms with Crippen LogP contribution in [0.2, 0.25) is 0 Å². The SMILES string of the molecule is Cc1cc(Br)cc(C(=O)Nc2nc3ccccc3[nH]2)c1. The van der Waals surface area contributed by atoms with Crippen molar-refractivity contribution < 1.29 is 4.79 Å². The fourth-order valence-corrected chi connectivity index (χ4v) is 2.67. The number of rotatable bonds is 2. The summed E-state index contributed by atoms with van der Waals surface area (Å²) >= 11 is 3.39. The molecule has 5 heteroatoms. The van der Waals surface area contributed by atoms with E-state index in [0.717, 1.165) is 21.1 Å². The number of imidazole rings is 1. The van der Waals surface area contributed by atoms with E-state index in [1.165, 1.54) is 0 Å². The predicted molar refractivity (Wildman–Crippen MR) is 82.9 cm³/mol. The van der Waals surface area contributed by atoms with Crippen LogP contribution >= 0.6 is 15.9 Å². The van der Waals surface area contributed by atoms with Gasteiger partial charge in [0.15, 0.2) is 0 Å². The zero-order chi connectivity index (χ0) is 14.1. The second-order valence-electron chi connectivity index (χ2n) is 4.57. The van der Waals surface area contributed by atoms with Crippen molar-refractivity contribution in [1.29, 1.82) is 0 Å². The van der Waals surface area contributed by atoms with Gasteiger partial charge in [0.25, 0.3) is 5.91 Å². The number of hydrogen-bond donors (Lipinski definition) is 2. The Hall–Kier alpha value is -2.14. The van der Waals surface area contributed by atoms with Crippen LogP contribution in [-0.4, -0.2) is 15.9 Å². The van der Waals surface area contributed by atoms with Crippen molar-refractivity contribution in [3.8, 4) is 0 Å². The number of hydrogen-bond acceptors (Lipinski definition) is 2. The first-order valence-corrected chi connectivity index (χ1v) is 6.94. The largest absolute Gasteiger partial charge is 0.324 e. The minimum absolute atomic E-state index is 0.187. The van der Waals surface area contributed by atoms with E-state index >= 15 is 0 Å². The molecular formula is C15H12BrN3O. The summed E-state index contributed by atoms with van der Waals surface area (Å²) in [7, 11) is 0. The van der Waals surface area contributed by atoms with Crippen molar-refractivity contribution >= 4 is 38.8 Å². The second kappa shape index (κ2) is 5.09. The van der Waals surface area contributed by atoms with Gasteiger partial charge in [-0.2, -0.15) is 0 Å². The van der Waals surface area contributed by atoms with E-state index in [-0.39, 0.29) is 5.91 Å². The quantitative estimate of drug-likeness (QED) is 0.749. The molecule has 0 saturated heterocycles. The van der Waals surface area contributed by atoms with Crippen molar-refractivity contribution in [1.82, 2.24) is 9.97 Å². The predicted octanol–water partition coefficient (Wildman–Crippen LogP) is 3.89. The zero-order valence-electron chi connectivity index (χ0n) is 10.8. The summed E-state index contributed by atoms with van der Waals surface area (Å²) in [5, 5.41) is 2.78. The number of amides is 1. The van der Waals surface area contributed by atoms with Gasteiger partial charge in [0.05, 0.1) is 11.0 Å². The van der Waals surface area contributed by atoms with Crippen LogP contribution in [-0.2, 0) is 0 Å². The second-order valence-corrected chi connectivity index (χ2v) is 5.49. The number of halogens is 1. The Balaban J connectivity index is 1.88. The van der Waals surface area contributed by atoms with Crippen molar-refractivity contribution in [2.24, 2.45) is 0 Å². The van der Waals surface area contributed by atoms with Gasteiger partial charge < -0.3 is 4.98 Å². The highest BCUT2D eigenvalue weighted by Crippen LogP contribution is 2.17. The van der Waals surface area contributed by atoms with Crippen molar-refractivity contribution in [3.05, 3.63) is 58.1 Å². The topological polar surface area (TPSA) is 57.8 Å². The number of aromatic nitrogens is 2. The standard InChI is InChI=1S/C15H12BrN3O/c1-9-6-10(8-11(16)7-9)14(20)19-15-17-12-4-2-3-5-13(12)18-15/h2-8H,1H3,(H2,17,18,19,20). The number of H-pyrrole nitrogens is 1. The van der Waals surface area contributed by atoms with Gasteiger partial charge in [0, 0.05) is 10.0 Å². The van der Waals surface area contributed by atoms with Crippen LogP contribution in [0.3, 0.4) is 0 Å². The molecule has 1 amide bonds. The molecule has 2 aromatic carbocycles. The summed E-state index contributed by atoms with van der Waals surface area (Å²) in [5.74, 6) is 0.266. The van der Waals surface area contributed by atoms with Crippen molar-refractivity contribution in [2.75, 3.05) is 5.32 Å². The summed E-state index contributed by atoms with van der Waals surface area (Å²) in [5.41, 5.74) is 3.34. The van der Waals surface area contributed by atoms with Crippen LogP contribution in [0.5, 0.6) is 0 Å². The maximum atomic E-state index is 12.2. The summed E-state index contributed by atoms with van der Waals surface area (Å²) in [6.07, 6.45) is 0. The first kappa shape index (κ1) is 12.9. The van der Waals surface area contributed by atoms with Crippen LogP contribution in [0.25, 0.3) is 11.0 Å². The van der Waals surface area contributed by atoms with E-state index in [0.29, 0.717) is 11.5 Å². The molecule has 3 rings (SSSR count). The Morgan fingerprint density at radius 1 is 1.25 bits per heavy atom. The number of para-hydroxylation sites is 2. The molecule has 0 atom stereocenters. The summed E-state index contributed by atoms with van der Waals surface area (Å²) in [6, 6.07) is 13.2. The molecule has 20 heavy (non-hydrogen) atoms. The van der Waals surface area contributed by atoms with E-state index in [4.69, 9.17) is 0 Å². The minimum atomic E-state index is -0.187. The van der Waals surface area contributed by atoms with Crippen LogP contribution in [0.4, 0.5) is 5.95 Å². The molecule has 0 unspecified atom stereocenters. The molecule has 0 saturated carbocycles. The first-order chi connectivity index (χ1) is 9.61. The molecule has 0 aliphatic carbocycles. The number of aromatic amines is 1. The number of nitrogens with zero attached hydrogens (tertiary/aromatic N) is 1. The molecule has 0 aliphatic rings. The third-order valence-electron chi connectivity index (χ3n) is 2.93. The van der Waals surface area contributed by atoms with Gasteiger partial charge in [-0.1, -0.05) is 28.1 Å². The smallest absolute Gasteiger partial charge is 0.258 e. The molecule has 3 aromatic rings. The number of carbonyl (C=O) groups excluding carboxylic acids is 1. The Morgan fingerprint density at radius 3 is 2.80 bits per heavy atom. The van der Waals surface area contributed by atoms with Crippen molar-refractivity contribution in [2.45, 2.75) is 6.92 Å². The molecule has 1 aromatic heterocycles. The number of anilines is 1. The molecule has 4 nitrogen and oxygen atoms in total. The molecule has 2 N–H and O–H groups in total. The molecule has 0 radical (unpaired) electrons. The van der Waals surface area contributed by atoms with Gasteiger partial charge in [-0.05, 0) is 42.8 Å². The van der Waals surface area contributed by atoms with Gasteiger partial charge in [0.2, 0.25) is 5.95 Å². The fourth-order valence-electron chi connectivity index (χ4n) is 2.06. The van der Waals surface area contributed by atoms with E-state index < -0.39 is 0 Å². The average molecular weight is 330 g/mol. The van der Waals surface area contributed by atoms with Gasteiger partial charge in [-0.15, -0.1) is 0 Å². The molecular weight excluding hydrogens is 318 g/mol. The summed E-state index contributed by atoms with van der Waals surface area (Å²) < 4.78 is 0.882. The molecule has 0 spiro atoms. The third-order valence-corrected chi connectivity index (χ3v) is 3.38. The van der Waals surface area contributed by atoms with Gasteiger partial charge >= 0.3 is 0 Å². The van der Waals surface area contributed by atoms with E-state index in [2.05, 4.69) is 31.2 Å². The van der Waals surface area contributed by atoms with E-state index in [1.54, 1.807) is 6.07 Å². The maximum Gasteiger partial charge on any atom is 0.258 e. The molecule has 0 aliphatic heterocycles.